The first kappa shape index (κ1) is 17.3. The largest absolute Gasteiger partial charge is 0.309 e. The van der Waals surface area contributed by atoms with Gasteiger partial charge in [0, 0.05) is 16.5 Å². The maximum atomic E-state index is 2.46. The van der Waals surface area contributed by atoms with Gasteiger partial charge in [0.2, 0.25) is 0 Å². The second-order valence-electron chi connectivity index (χ2n) is 8.27. The summed E-state index contributed by atoms with van der Waals surface area (Å²) in [6.07, 6.45) is 10.0. The molecule has 1 nitrogen and oxygen atoms in total. The van der Waals surface area contributed by atoms with Gasteiger partial charge in [-0.05, 0) is 77.6 Å². The number of allylic oxidation sites excluding steroid dienone is 2. The van der Waals surface area contributed by atoms with Gasteiger partial charge in [-0.15, -0.1) is 0 Å². The topological polar surface area (TPSA) is 4.93 Å². The number of rotatable bonds is 1. The molecule has 6 rings (SSSR count). The van der Waals surface area contributed by atoms with Gasteiger partial charge in [0.1, 0.15) is 0 Å². The van der Waals surface area contributed by atoms with Crippen LogP contribution in [0.2, 0.25) is 0 Å². The van der Waals surface area contributed by atoms with Crippen molar-refractivity contribution < 1.29 is 0 Å². The molecule has 30 heavy (non-hydrogen) atoms. The third-order valence-electron chi connectivity index (χ3n) is 6.54. The van der Waals surface area contributed by atoms with E-state index in [1.165, 1.54) is 60.5 Å². The Morgan fingerprint density at radius 1 is 0.700 bits per heavy atom. The zero-order valence-corrected chi connectivity index (χ0v) is 17.3. The molecule has 1 heteroatoms. The minimum Gasteiger partial charge on any atom is -0.309 e. The highest BCUT2D eigenvalue weighted by molar-refractivity contribution is 6.22. The molecule has 0 spiro atoms. The van der Waals surface area contributed by atoms with E-state index < -0.39 is 0 Å². The Labute approximate surface area is 176 Å². The highest BCUT2D eigenvalue weighted by Crippen LogP contribution is 2.39. The third-order valence-corrected chi connectivity index (χ3v) is 6.54. The van der Waals surface area contributed by atoms with Crippen LogP contribution < -0.4 is 0 Å². The molecule has 1 aliphatic rings. The van der Waals surface area contributed by atoms with Crippen molar-refractivity contribution in [2.45, 2.75) is 20.3 Å². The maximum absolute atomic E-state index is 2.46. The van der Waals surface area contributed by atoms with Crippen LogP contribution in [0.15, 0.2) is 78.9 Å². The summed E-state index contributed by atoms with van der Waals surface area (Å²) in [5.74, 6) is 0. The number of nitrogens with zero attached hydrogens (tertiary/aromatic N) is 1. The van der Waals surface area contributed by atoms with Crippen LogP contribution in [-0.2, 0) is 0 Å². The fourth-order valence-electron chi connectivity index (χ4n) is 4.86. The van der Waals surface area contributed by atoms with E-state index in [4.69, 9.17) is 0 Å². The first-order chi connectivity index (χ1) is 14.7. The van der Waals surface area contributed by atoms with Gasteiger partial charge in [-0.25, -0.2) is 0 Å². The second-order valence-corrected chi connectivity index (χ2v) is 8.27. The van der Waals surface area contributed by atoms with Crippen LogP contribution >= 0.6 is 0 Å². The standard InChI is InChI=1S/C29H23N/c1-19-9-8-14-26(20(19)2)30-27-16-15-21-10-6-7-13-24(21)29(27)25-17-22-11-4-3-5-12-23(22)18-28(25)30/h4-18H,3H2,1-2H3. The summed E-state index contributed by atoms with van der Waals surface area (Å²) in [4.78, 5) is 0. The van der Waals surface area contributed by atoms with Crippen LogP contribution in [0.25, 0.3) is 50.4 Å². The van der Waals surface area contributed by atoms with Crippen molar-refractivity contribution in [2.75, 3.05) is 0 Å². The molecule has 4 aromatic carbocycles. The summed E-state index contributed by atoms with van der Waals surface area (Å²) in [5.41, 5.74) is 9.03. The normalized spacial score (nSPS) is 13.3. The van der Waals surface area contributed by atoms with E-state index in [1.807, 2.05) is 0 Å². The molecule has 0 aliphatic heterocycles. The smallest absolute Gasteiger partial charge is 0.0547 e. The average Bonchev–Trinajstić information content (AvgIpc) is 2.91. The van der Waals surface area contributed by atoms with Crippen molar-refractivity contribution in [1.82, 2.24) is 4.57 Å². The van der Waals surface area contributed by atoms with E-state index in [0.29, 0.717) is 0 Å². The average molecular weight is 386 g/mol. The molecule has 0 saturated carbocycles. The van der Waals surface area contributed by atoms with Crippen molar-refractivity contribution >= 4 is 44.7 Å². The highest BCUT2D eigenvalue weighted by atomic mass is 15.0. The summed E-state index contributed by atoms with van der Waals surface area (Å²) < 4.78 is 2.46. The molecule has 0 amide bonds. The molecule has 1 heterocycles. The minimum absolute atomic E-state index is 0.986. The first-order valence-corrected chi connectivity index (χ1v) is 10.6. The van der Waals surface area contributed by atoms with Crippen molar-refractivity contribution in [3.05, 3.63) is 101 Å². The number of benzene rings is 4. The lowest BCUT2D eigenvalue weighted by atomic mass is 10.00. The number of fused-ring (bicyclic) bond motifs is 6. The molecule has 0 saturated heterocycles. The molecule has 0 N–H and O–H groups in total. The lowest BCUT2D eigenvalue weighted by molar-refractivity contribution is 1.13. The second kappa shape index (κ2) is 6.47. The van der Waals surface area contributed by atoms with E-state index in [9.17, 15) is 0 Å². The zero-order chi connectivity index (χ0) is 20.2. The van der Waals surface area contributed by atoms with E-state index in [-0.39, 0.29) is 0 Å². The van der Waals surface area contributed by atoms with Gasteiger partial charge in [-0.2, -0.15) is 0 Å². The summed E-state index contributed by atoms with van der Waals surface area (Å²) >= 11 is 0. The Morgan fingerprint density at radius 2 is 1.50 bits per heavy atom. The molecular formula is C29H23N. The van der Waals surface area contributed by atoms with E-state index in [0.717, 1.165) is 6.42 Å². The number of hydrogen-bond acceptors (Lipinski definition) is 0. The lowest BCUT2D eigenvalue weighted by Gasteiger charge is -2.14. The third kappa shape index (κ3) is 2.42. The zero-order valence-electron chi connectivity index (χ0n) is 17.3. The summed E-state index contributed by atoms with van der Waals surface area (Å²) in [6.45, 7) is 4.43. The predicted molar refractivity (Wildman–Crippen MR) is 130 cm³/mol. The Bertz CT molecular complexity index is 1530. The molecule has 144 valence electrons. The van der Waals surface area contributed by atoms with Crippen molar-refractivity contribution in [2.24, 2.45) is 0 Å². The van der Waals surface area contributed by atoms with E-state index in [2.05, 4.69) is 109 Å². The Balaban J connectivity index is 1.87. The quantitative estimate of drug-likeness (QED) is 0.276. The van der Waals surface area contributed by atoms with Crippen LogP contribution in [0.3, 0.4) is 0 Å². The van der Waals surface area contributed by atoms with Crippen LogP contribution in [0.1, 0.15) is 28.7 Å². The van der Waals surface area contributed by atoms with Gasteiger partial charge in [0.25, 0.3) is 0 Å². The van der Waals surface area contributed by atoms with Crippen molar-refractivity contribution in [3.8, 4) is 5.69 Å². The van der Waals surface area contributed by atoms with Crippen LogP contribution in [0, 0.1) is 13.8 Å². The number of hydrogen-bond donors (Lipinski definition) is 0. The molecule has 0 fully saturated rings. The molecule has 1 aromatic heterocycles. The van der Waals surface area contributed by atoms with Crippen molar-refractivity contribution in [1.29, 1.82) is 0 Å². The molecule has 0 atom stereocenters. The van der Waals surface area contributed by atoms with Crippen LogP contribution in [0.5, 0.6) is 0 Å². The molecular weight excluding hydrogens is 362 g/mol. The van der Waals surface area contributed by atoms with Gasteiger partial charge in [0.05, 0.1) is 11.0 Å². The number of aryl methyl sites for hydroxylation is 1. The van der Waals surface area contributed by atoms with Crippen molar-refractivity contribution in [3.63, 3.8) is 0 Å². The molecule has 0 radical (unpaired) electrons. The summed E-state index contributed by atoms with van der Waals surface area (Å²) in [5, 5.41) is 5.27. The summed E-state index contributed by atoms with van der Waals surface area (Å²) in [7, 11) is 0. The van der Waals surface area contributed by atoms with E-state index in [1.54, 1.807) is 0 Å². The van der Waals surface area contributed by atoms with Gasteiger partial charge < -0.3 is 4.57 Å². The fourth-order valence-corrected chi connectivity index (χ4v) is 4.86. The predicted octanol–water partition coefficient (Wildman–Crippen LogP) is 7.98. The lowest BCUT2D eigenvalue weighted by Crippen LogP contribution is -1.98. The van der Waals surface area contributed by atoms with Gasteiger partial charge in [-0.3, -0.25) is 0 Å². The first-order valence-electron chi connectivity index (χ1n) is 10.6. The minimum atomic E-state index is 0.986. The van der Waals surface area contributed by atoms with Crippen LogP contribution in [-0.4, -0.2) is 4.57 Å². The molecule has 0 bridgehead atoms. The highest BCUT2D eigenvalue weighted by Gasteiger charge is 2.18. The SMILES string of the molecule is Cc1cccc(-n2c3cc4c(cc3c3c5ccccc5ccc32)C=CCC=C4)c1C. The molecule has 5 aromatic rings. The van der Waals surface area contributed by atoms with Gasteiger partial charge in [0.15, 0.2) is 0 Å². The van der Waals surface area contributed by atoms with Gasteiger partial charge in [-0.1, -0.05) is 66.8 Å². The molecule has 1 aliphatic carbocycles. The van der Waals surface area contributed by atoms with Gasteiger partial charge >= 0.3 is 0 Å². The Hall–Kier alpha value is -3.58. The summed E-state index contributed by atoms with van der Waals surface area (Å²) in [6, 6.07) is 24.6. The maximum Gasteiger partial charge on any atom is 0.0547 e. The van der Waals surface area contributed by atoms with Crippen LogP contribution in [0.4, 0.5) is 0 Å². The Morgan fingerprint density at radius 3 is 2.37 bits per heavy atom. The Kier molecular flexibility index (Phi) is 3.73. The molecule has 0 unspecified atom stereocenters. The number of aromatic nitrogens is 1. The monoisotopic (exact) mass is 385 g/mol. The fraction of sp³-hybridized carbons (Fsp3) is 0.103. The van der Waals surface area contributed by atoms with E-state index >= 15 is 0 Å².